The van der Waals surface area contributed by atoms with E-state index in [0.29, 0.717) is 0 Å². The number of rotatable bonds is 2. The van der Waals surface area contributed by atoms with Crippen LogP contribution in [0.3, 0.4) is 0 Å². The molecule has 1 aromatic heterocycles. The fourth-order valence-electron chi connectivity index (χ4n) is 1.19. The van der Waals surface area contributed by atoms with E-state index in [0.717, 1.165) is 18.8 Å². The highest BCUT2D eigenvalue weighted by Crippen LogP contribution is 2.25. The van der Waals surface area contributed by atoms with Crippen LogP contribution in [0.1, 0.15) is 5.01 Å². The average Bonchev–Trinajstić information content (AvgIpc) is 2.59. The van der Waals surface area contributed by atoms with E-state index in [2.05, 4.69) is 32.9 Å². The summed E-state index contributed by atoms with van der Waals surface area (Å²) < 4.78 is 2.17. The van der Waals surface area contributed by atoms with Crippen LogP contribution in [-0.2, 0) is 6.54 Å². The molecule has 2 aromatic rings. The van der Waals surface area contributed by atoms with Crippen molar-refractivity contribution in [1.82, 2.24) is 10.3 Å². The Hall–Kier alpha value is -0.890. The predicted octanol–water partition coefficient (Wildman–Crippen LogP) is 2.67. The van der Waals surface area contributed by atoms with Crippen LogP contribution in [0.25, 0.3) is 10.2 Å². The first-order chi connectivity index (χ1) is 7.16. The zero-order valence-corrected chi connectivity index (χ0v) is 10.5. The number of benzene rings is 1. The average molecular weight is 334 g/mol. The lowest BCUT2D eigenvalue weighted by Gasteiger charge is -1.93. The lowest BCUT2D eigenvalue weighted by Crippen LogP contribution is -2.19. The van der Waals surface area contributed by atoms with Crippen molar-refractivity contribution in [2.75, 3.05) is 0 Å². The number of nitrogens with one attached hydrogen (secondary N) is 1. The molecule has 0 radical (unpaired) electrons. The van der Waals surface area contributed by atoms with Gasteiger partial charge in [0.05, 0.1) is 16.8 Å². The van der Waals surface area contributed by atoms with Crippen LogP contribution in [0, 0.1) is 3.57 Å². The molecule has 0 fully saturated rings. The van der Waals surface area contributed by atoms with E-state index in [1.165, 1.54) is 11.3 Å². The standard InChI is InChI=1S/C9H7IN2O2S/c10-5-2-1-3-6-8(5)12-7(15-6)4-11-9(13)14/h1-3,11H,4H2,(H,13,14). The van der Waals surface area contributed by atoms with Crippen LogP contribution < -0.4 is 5.32 Å². The number of nitrogens with zero attached hydrogens (tertiary/aromatic N) is 1. The van der Waals surface area contributed by atoms with Gasteiger partial charge in [0.2, 0.25) is 0 Å². The number of para-hydroxylation sites is 1. The third-order valence-corrected chi connectivity index (χ3v) is 3.70. The summed E-state index contributed by atoms with van der Waals surface area (Å²) in [4.78, 5) is 14.7. The quantitative estimate of drug-likeness (QED) is 0.830. The van der Waals surface area contributed by atoms with Gasteiger partial charge in [0, 0.05) is 3.57 Å². The summed E-state index contributed by atoms with van der Waals surface area (Å²) in [5, 5.41) is 11.6. The number of carboxylic acid groups (broad SMARTS) is 1. The van der Waals surface area contributed by atoms with Gasteiger partial charge in [0.25, 0.3) is 0 Å². The van der Waals surface area contributed by atoms with Crippen molar-refractivity contribution in [3.63, 3.8) is 0 Å². The molecular weight excluding hydrogens is 327 g/mol. The van der Waals surface area contributed by atoms with Crippen LogP contribution in [0.5, 0.6) is 0 Å². The molecule has 0 saturated carbocycles. The second-order valence-corrected chi connectivity index (χ2v) is 5.13. The van der Waals surface area contributed by atoms with Crippen molar-refractivity contribution in [2.45, 2.75) is 6.54 Å². The second kappa shape index (κ2) is 4.31. The summed E-state index contributed by atoms with van der Waals surface area (Å²) in [6.07, 6.45) is -1.02. The van der Waals surface area contributed by atoms with Gasteiger partial charge >= 0.3 is 6.09 Å². The van der Waals surface area contributed by atoms with Crippen molar-refractivity contribution in [3.05, 3.63) is 26.8 Å². The molecule has 78 valence electrons. The zero-order valence-electron chi connectivity index (χ0n) is 7.53. The fraction of sp³-hybridized carbons (Fsp3) is 0.111. The number of hydrogen-bond acceptors (Lipinski definition) is 3. The minimum atomic E-state index is -1.02. The van der Waals surface area contributed by atoms with Gasteiger partial charge in [-0.25, -0.2) is 9.78 Å². The topological polar surface area (TPSA) is 62.2 Å². The lowest BCUT2D eigenvalue weighted by molar-refractivity contribution is 0.194. The number of carbonyl (C=O) groups is 1. The Balaban J connectivity index is 2.31. The Kier molecular flexibility index (Phi) is 3.06. The third kappa shape index (κ3) is 2.37. The van der Waals surface area contributed by atoms with Crippen LogP contribution in [0.2, 0.25) is 0 Å². The molecule has 0 saturated heterocycles. The Morgan fingerprint density at radius 2 is 2.40 bits per heavy atom. The Morgan fingerprint density at radius 3 is 3.07 bits per heavy atom. The van der Waals surface area contributed by atoms with Gasteiger partial charge in [-0.05, 0) is 34.7 Å². The number of fused-ring (bicyclic) bond motifs is 1. The van der Waals surface area contributed by atoms with Gasteiger partial charge in [-0.1, -0.05) is 6.07 Å². The van der Waals surface area contributed by atoms with E-state index in [9.17, 15) is 4.79 Å². The van der Waals surface area contributed by atoms with Gasteiger partial charge < -0.3 is 10.4 Å². The van der Waals surface area contributed by atoms with Gasteiger partial charge in [0.15, 0.2) is 0 Å². The Labute approximate surface area is 103 Å². The summed E-state index contributed by atoms with van der Waals surface area (Å²) in [6, 6.07) is 5.94. The van der Waals surface area contributed by atoms with Crippen molar-refractivity contribution in [1.29, 1.82) is 0 Å². The van der Waals surface area contributed by atoms with Crippen LogP contribution >= 0.6 is 33.9 Å². The van der Waals surface area contributed by atoms with E-state index in [-0.39, 0.29) is 6.54 Å². The summed E-state index contributed by atoms with van der Waals surface area (Å²) >= 11 is 3.73. The summed E-state index contributed by atoms with van der Waals surface area (Å²) in [5.41, 5.74) is 0.949. The molecule has 0 bridgehead atoms. The largest absolute Gasteiger partial charge is 0.465 e. The highest BCUT2D eigenvalue weighted by Gasteiger charge is 2.06. The minimum Gasteiger partial charge on any atom is -0.465 e. The van der Waals surface area contributed by atoms with E-state index >= 15 is 0 Å². The highest BCUT2D eigenvalue weighted by atomic mass is 127. The molecule has 6 heteroatoms. The first-order valence-corrected chi connectivity index (χ1v) is 6.07. The van der Waals surface area contributed by atoms with Gasteiger partial charge in [-0.3, -0.25) is 0 Å². The summed E-state index contributed by atoms with van der Waals surface area (Å²) in [6.45, 7) is 0.269. The Morgan fingerprint density at radius 1 is 1.60 bits per heavy atom. The van der Waals surface area contributed by atoms with Gasteiger partial charge in [-0.2, -0.15) is 0 Å². The monoisotopic (exact) mass is 334 g/mol. The highest BCUT2D eigenvalue weighted by molar-refractivity contribution is 14.1. The normalized spacial score (nSPS) is 10.5. The molecule has 1 amide bonds. The number of thiazole rings is 1. The SMILES string of the molecule is O=C(O)NCc1nc2c(I)cccc2s1. The second-order valence-electron chi connectivity index (χ2n) is 2.85. The fourth-order valence-corrected chi connectivity index (χ4v) is 2.92. The molecule has 0 aliphatic carbocycles. The number of halogens is 1. The molecule has 0 aliphatic rings. The van der Waals surface area contributed by atoms with Crippen LogP contribution in [0.4, 0.5) is 4.79 Å². The van der Waals surface area contributed by atoms with Crippen molar-refractivity contribution >= 4 is 50.2 Å². The molecular formula is C9H7IN2O2S. The lowest BCUT2D eigenvalue weighted by atomic mass is 10.3. The first kappa shape index (κ1) is 10.6. The number of amides is 1. The van der Waals surface area contributed by atoms with Crippen LogP contribution in [0.15, 0.2) is 18.2 Å². The molecule has 2 N–H and O–H groups in total. The van der Waals surface area contributed by atoms with Gasteiger partial charge in [0.1, 0.15) is 5.01 Å². The summed E-state index contributed by atoms with van der Waals surface area (Å²) in [5.74, 6) is 0. The molecule has 15 heavy (non-hydrogen) atoms. The number of aromatic nitrogens is 1. The van der Waals surface area contributed by atoms with Crippen molar-refractivity contribution < 1.29 is 9.90 Å². The molecule has 4 nitrogen and oxygen atoms in total. The van der Waals surface area contributed by atoms with Crippen LogP contribution in [-0.4, -0.2) is 16.2 Å². The molecule has 2 rings (SSSR count). The zero-order chi connectivity index (χ0) is 10.8. The molecule has 0 unspecified atom stereocenters. The Bertz CT molecular complexity index is 512. The predicted molar refractivity (Wildman–Crippen MR) is 67.2 cm³/mol. The van der Waals surface area contributed by atoms with E-state index in [1.807, 2.05) is 18.2 Å². The first-order valence-electron chi connectivity index (χ1n) is 4.17. The van der Waals surface area contributed by atoms with Crippen molar-refractivity contribution in [2.24, 2.45) is 0 Å². The third-order valence-electron chi connectivity index (χ3n) is 1.80. The van der Waals surface area contributed by atoms with E-state index < -0.39 is 6.09 Å². The minimum absolute atomic E-state index is 0.269. The maximum Gasteiger partial charge on any atom is 0.405 e. The molecule has 0 aliphatic heterocycles. The maximum atomic E-state index is 10.3. The summed E-state index contributed by atoms with van der Waals surface area (Å²) in [7, 11) is 0. The van der Waals surface area contributed by atoms with Crippen molar-refractivity contribution in [3.8, 4) is 0 Å². The number of hydrogen-bond donors (Lipinski definition) is 2. The van der Waals surface area contributed by atoms with E-state index in [4.69, 9.17) is 5.11 Å². The molecule has 0 atom stereocenters. The molecule has 1 aromatic carbocycles. The smallest absolute Gasteiger partial charge is 0.405 e. The molecule has 1 heterocycles. The maximum absolute atomic E-state index is 10.3. The molecule has 0 spiro atoms. The van der Waals surface area contributed by atoms with E-state index in [1.54, 1.807) is 0 Å². The van der Waals surface area contributed by atoms with Gasteiger partial charge in [-0.15, -0.1) is 11.3 Å².